The summed E-state index contributed by atoms with van der Waals surface area (Å²) in [6.45, 7) is 14.0. The van der Waals surface area contributed by atoms with Crippen molar-refractivity contribution in [3.05, 3.63) is 104 Å². The quantitative estimate of drug-likeness (QED) is 0.0746. The van der Waals surface area contributed by atoms with Crippen LogP contribution < -0.4 is 33.6 Å². The molecule has 3 aliphatic rings. The first-order valence-corrected chi connectivity index (χ1v) is 26.7. The zero-order chi connectivity index (χ0) is 56.0. The van der Waals surface area contributed by atoms with Crippen molar-refractivity contribution < 1.29 is 55.6 Å². The number of carbonyl (C=O) groups is 2. The summed E-state index contributed by atoms with van der Waals surface area (Å²) in [4.78, 5) is 58.0. The Morgan fingerprint density at radius 1 is 0.846 bits per heavy atom. The van der Waals surface area contributed by atoms with Crippen LogP contribution in [0.25, 0.3) is 22.2 Å². The van der Waals surface area contributed by atoms with Crippen LogP contribution in [-0.4, -0.2) is 112 Å². The number of hydrogen-bond acceptors (Lipinski definition) is 16. The highest BCUT2D eigenvalue weighted by atomic mass is 127. The fourth-order valence-corrected chi connectivity index (χ4v) is 10.9. The summed E-state index contributed by atoms with van der Waals surface area (Å²) in [5, 5.41) is -0.00401. The third-order valence-corrected chi connectivity index (χ3v) is 15.2. The molecule has 0 saturated carbocycles. The van der Waals surface area contributed by atoms with Gasteiger partial charge in [-0.3, -0.25) is 9.88 Å². The van der Waals surface area contributed by atoms with Crippen LogP contribution in [0, 0.1) is 27.9 Å². The van der Waals surface area contributed by atoms with Crippen LogP contribution in [0.2, 0.25) is 0 Å². The van der Waals surface area contributed by atoms with Crippen molar-refractivity contribution in [2.24, 2.45) is 0 Å². The molecule has 0 N–H and O–H groups in total. The van der Waals surface area contributed by atoms with Crippen LogP contribution in [-0.2, 0) is 22.6 Å². The normalized spacial score (nSPS) is 17.7. The van der Waals surface area contributed by atoms with Crippen molar-refractivity contribution in [3.63, 3.8) is 0 Å². The number of aromatic nitrogens is 5. The number of ether oxygens (including phenoxy) is 6. The van der Waals surface area contributed by atoms with Gasteiger partial charge in [-0.1, -0.05) is 24.3 Å². The highest BCUT2D eigenvalue weighted by Gasteiger charge is 2.50. The Labute approximate surface area is 463 Å². The molecule has 3 aromatic carbocycles. The Kier molecular flexibility index (Phi) is 15.9. The van der Waals surface area contributed by atoms with E-state index in [1.54, 1.807) is 49.2 Å². The molecule has 0 radical (unpaired) electrons. The highest BCUT2D eigenvalue weighted by Crippen LogP contribution is 2.47. The molecule has 0 bridgehead atoms. The Hall–Kier alpha value is -6.82. The summed E-state index contributed by atoms with van der Waals surface area (Å²) < 4.78 is 102. The molecule has 3 aromatic heterocycles. The average molecular weight is 1190 g/mol. The van der Waals surface area contributed by atoms with Gasteiger partial charge in [-0.25, -0.2) is 37.1 Å². The maximum Gasteiger partial charge on any atom is 0.424 e. The molecular formula is C56H62F4IN9O8. The van der Waals surface area contributed by atoms with Crippen molar-refractivity contribution in [1.29, 1.82) is 0 Å². The van der Waals surface area contributed by atoms with E-state index >= 15 is 17.6 Å². The maximum absolute atomic E-state index is 18.2. The number of methoxy groups -OCH3 is 2. The lowest BCUT2D eigenvalue weighted by atomic mass is 9.95. The van der Waals surface area contributed by atoms with E-state index in [1.807, 2.05) is 60.4 Å². The predicted molar refractivity (Wildman–Crippen MR) is 293 cm³/mol. The molecule has 2 fully saturated rings. The smallest absolute Gasteiger partial charge is 0.424 e. The molecule has 3 aliphatic heterocycles. The van der Waals surface area contributed by atoms with Crippen LogP contribution in [0.3, 0.4) is 0 Å². The minimum atomic E-state index is -1.53. The lowest BCUT2D eigenvalue weighted by Gasteiger charge is -2.33. The summed E-state index contributed by atoms with van der Waals surface area (Å²) >= 11 is 1.67. The van der Waals surface area contributed by atoms with Gasteiger partial charge in [-0.15, -0.1) is 0 Å². The van der Waals surface area contributed by atoms with E-state index in [0.29, 0.717) is 49.1 Å². The number of amides is 2. The van der Waals surface area contributed by atoms with Crippen molar-refractivity contribution in [2.45, 2.75) is 117 Å². The van der Waals surface area contributed by atoms with Gasteiger partial charge in [0.25, 0.3) is 0 Å². The number of rotatable bonds is 14. The summed E-state index contributed by atoms with van der Waals surface area (Å²) in [5.41, 5.74) is -3.82. The molecule has 6 heterocycles. The number of halogens is 5. The van der Waals surface area contributed by atoms with E-state index in [4.69, 9.17) is 43.4 Å². The number of imide groups is 1. The van der Waals surface area contributed by atoms with E-state index in [0.717, 1.165) is 17.5 Å². The van der Waals surface area contributed by atoms with Gasteiger partial charge in [-0.2, -0.15) is 14.9 Å². The van der Waals surface area contributed by atoms with E-state index in [1.165, 1.54) is 48.5 Å². The van der Waals surface area contributed by atoms with Gasteiger partial charge in [0.1, 0.15) is 75.9 Å². The largest absolute Gasteiger partial charge is 0.497 e. The van der Waals surface area contributed by atoms with Crippen LogP contribution in [0.5, 0.6) is 23.4 Å². The van der Waals surface area contributed by atoms with E-state index in [-0.39, 0.29) is 69.9 Å². The lowest BCUT2D eigenvalue weighted by molar-refractivity contribution is 0.0426. The number of pyridine rings is 1. The molecule has 6 aromatic rings. The maximum atomic E-state index is 18.2. The zero-order valence-electron chi connectivity index (χ0n) is 45.2. The fourth-order valence-electron chi connectivity index (χ4n) is 10.2. The molecule has 414 valence electrons. The second kappa shape index (κ2) is 22.1. The third kappa shape index (κ3) is 11.4. The average Bonchev–Trinajstić information content (AvgIpc) is 4.03. The van der Waals surface area contributed by atoms with E-state index in [2.05, 4.69) is 19.8 Å². The van der Waals surface area contributed by atoms with Crippen molar-refractivity contribution >= 4 is 63.0 Å². The first-order valence-electron chi connectivity index (χ1n) is 25.6. The van der Waals surface area contributed by atoms with Gasteiger partial charge in [-0.05, 0) is 133 Å². The number of benzene rings is 3. The fraction of sp³-hybridized carbons (Fsp3) is 0.446. The summed E-state index contributed by atoms with van der Waals surface area (Å²) in [5.74, 6) is -2.17. The van der Waals surface area contributed by atoms with Crippen LogP contribution in [0.1, 0.15) is 96.2 Å². The molecule has 0 unspecified atom stereocenters. The standard InChI is InChI=1S/C56H62F4IN9O8/c1-31-40(58)47(70(52(71)77-54(3,4)5)53(72)78-55(6,7)8)41(59)38(43(31)61)45-42(60)46-39-48(66-51(65-46)76-30-56-20-11-23-68(56)29-35(57)26-56)69(24-25-75-50(39)64-45)32(2)44-49(63-22-21-62-44)67(27-33-12-16-36(73-9)17-13-33)28-34-14-18-37(74-10)19-15-34/h12-19,21-22,32,35H,11,20,23-30H2,1-10H3/t32-,35-,56+/m1/s1. The predicted octanol–water partition coefficient (Wildman–Crippen LogP) is 11.6. The Morgan fingerprint density at radius 2 is 1.45 bits per heavy atom. The van der Waals surface area contributed by atoms with Crippen LogP contribution in [0.15, 0.2) is 60.9 Å². The topological polar surface area (TPSA) is 167 Å². The monoisotopic (exact) mass is 1190 g/mol. The van der Waals surface area contributed by atoms with Gasteiger partial charge < -0.3 is 38.2 Å². The molecule has 78 heavy (non-hydrogen) atoms. The number of alkyl halides is 1. The molecule has 2 saturated heterocycles. The SMILES string of the molecule is COc1ccc(CN(Cc2ccc(OC)cc2)c2nccnc2[C@@H](C)N2CCOc3nc(-c4c(F)c(N(C(=O)OC(C)(C)C)C(=O)OC(C)(C)C)c(F)c(C)c4I)c(F)c4nc(OC[C@@]56CCCN5C[C@H](F)C6)nc2c34)cc1. The highest BCUT2D eigenvalue weighted by molar-refractivity contribution is 14.1. The summed E-state index contributed by atoms with van der Waals surface area (Å²) in [7, 11) is 3.21. The van der Waals surface area contributed by atoms with Gasteiger partial charge >= 0.3 is 18.2 Å². The first kappa shape index (κ1) is 55.9. The second-order valence-electron chi connectivity index (χ2n) is 21.6. The Balaban J connectivity index is 1.21. The molecule has 22 heteroatoms. The summed E-state index contributed by atoms with van der Waals surface area (Å²) in [6, 6.07) is 14.5. The summed E-state index contributed by atoms with van der Waals surface area (Å²) in [6.07, 6.45) is 0.929. The van der Waals surface area contributed by atoms with Crippen molar-refractivity contribution in [2.75, 3.05) is 61.8 Å². The van der Waals surface area contributed by atoms with Crippen molar-refractivity contribution in [1.82, 2.24) is 29.8 Å². The lowest BCUT2D eigenvalue weighted by Crippen LogP contribution is -2.44. The van der Waals surface area contributed by atoms with Gasteiger partial charge in [0.05, 0.1) is 37.9 Å². The number of hydrogen-bond donors (Lipinski definition) is 0. The Morgan fingerprint density at radius 3 is 2.04 bits per heavy atom. The van der Waals surface area contributed by atoms with Gasteiger partial charge in [0.15, 0.2) is 23.3 Å². The minimum Gasteiger partial charge on any atom is -0.497 e. The molecule has 0 spiro atoms. The van der Waals surface area contributed by atoms with Gasteiger partial charge in [0, 0.05) is 47.6 Å². The van der Waals surface area contributed by atoms with E-state index < -0.39 is 81.1 Å². The minimum absolute atomic E-state index is 0.00401. The second-order valence-corrected chi connectivity index (χ2v) is 22.7. The Bertz CT molecular complexity index is 3160. The molecule has 2 amide bonds. The number of fused-ring (bicyclic) bond motifs is 1. The molecule has 17 nitrogen and oxygen atoms in total. The molecule has 3 atom stereocenters. The van der Waals surface area contributed by atoms with Gasteiger partial charge in [0.2, 0.25) is 5.88 Å². The van der Waals surface area contributed by atoms with Crippen LogP contribution in [0.4, 0.5) is 44.5 Å². The number of carbonyl (C=O) groups excluding carboxylic acids is 2. The van der Waals surface area contributed by atoms with Crippen molar-refractivity contribution in [3.8, 4) is 34.6 Å². The van der Waals surface area contributed by atoms with E-state index in [9.17, 15) is 9.59 Å². The molecule has 0 aliphatic carbocycles. The zero-order valence-corrected chi connectivity index (χ0v) is 47.3. The third-order valence-electron chi connectivity index (χ3n) is 13.8. The van der Waals surface area contributed by atoms with Crippen LogP contribution >= 0.6 is 22.6 Å². The number of anilines is 3. The molecular weight excluding hydrogens is 1130 g/mol. The first-order chi connectivity index (χ1) is 37.0. The molecule has 9 rings (SSSR count). The number of nitrogens with zero attached hydrogens (tertiary/aromatic N) is 9.